The Labute approximate surface area is 97.4 Å². The van der Waals surface area contributed by atoms with E-state index in [4.69, 9.17) is 10.5 Å². The van der Waals surface area contributed by atoms with E-state index in [0.717, 1.165) is 16.7 Å². The van der Waals surface area contributed by atoms with Gasteiger partial charge in [-0.3, -0.25) is 0 Å². The Balaban J connectivity index is 2.30. The zero-order valence-corrected chi connectivity index (χ0v) is 9.05. The van der Waals surface area contributed by atoms with Crippen molar-refractivity contribution in [2.75, 3.05) is 5.32 Å². The summed E-state index contributed by atoms with van der Waals surface area (Å²) in [7, 11) is 1.81. The summed E-state index contributed by atoms with van der Waals surface area (Å²) in [5.74, 6) is 0. The van der Waals surface area contributed by atoms with Crippen LogP contribution >= 0.6 is 0 Å². The number of nitriles is 2. The maximum atomic E-state index is 8.57. The van der Waals surface area contributed by atoms with Gasteiger partial charge in [0.25, 0.3) is 0 Å². The fourth-order valence-corrected chi connectivity index (χ4v) is 1.38. The summed E-state index contributed by atoms with van der Waals surface area (Å²) in [5.41, 5.74) is 2.44. The lowest BCUT2D eigenvalue weighted by Crippen LogP contribution is -1.91. The second-order valence-corrected chi connectivity index (χ2v) is 3.34. The summed E-state index contributed by atoms with van der Waals surface area (Å²) in [4.78, 5) is 0. The lowest BCUT2D eigenvalue weighted by atomic mass is 10.2. The molecule has 0 aliphatic carbocycles. The van der Waals surface area contributed by atoms with Gasteiger partial charge >= 0.3 is 0 Å². The van der Waals surface area contributed by atoms with Gasteiger partial charge in [-0.15, -0.1) is 5.10 Å². The van der Waals surface area contributed by atoms with Crippen LogP contribution in [0.4, 0.5) is 5.69 Å². The number of allylic oxidation sites excluding steroid dienone is 1. The minimum atomic E-state index is 0.0178. The number of fused-ring (bicyclic) bond motifs is 1. The lowest BCUT2D eigenvalue weighted by molar-refractivity contribution is 0.736. The number of nitrogens with one attached hydrogen (secondary N) is 1. The summed E-state index contributed by atoms with van der Waals surface area (Å²) in [6.07, 6.45) is 1.36. The molecule has 0 fully saturated rings. The molecule has 0 amide bonds. The monoisotopic (exact) mass is 224 g/mol. The number of hydrogen-bond acceptors (Lipinski definition) is 5. The molecule has 0 aliphatic heterocycles. The van der Waals surface area contributed by atoms with Crippen molar-refractivity contribution in [2.24, 2.45) is 7.05 Å². The van der Waals surface area contributed by atoms with Gasteiger partial charge in [0.15, 0.2) is 0 Å². The van der Waals surface area contributed by atoms with Gasteiger partial charge < -0.3 is 5.32 Å². The van der Waals surface area contributed by atoms with E-state index < -0.39 is 0 Å². The van der Waals surface area contributed by atoms with Gasteiger partial charge in [0, 0.05) is 18.9 Å². The van der Waals surface area contributed by atoms with E-state index in [1.165, 1.54) is 6.20 Å². The van der Waals surface area contributed by atoms with Gasteiger partial charge in [-0.2, -0.15) is 10.5 Å². The number of aromatic nitrogens is 3. The molecule has 0 spiro atoms. The average Bonchev–Trinajstić information content (AvgIpc) is 2.72. The zero-order chi connectivity index (χ0) is 12.3. The van der Waals surface area contributed by atoms with Crippen molar-refractivity contribution < 1.29 is 0 Å². The second kappa shape index (κ2) is 4.33. The predicted molar refractivity (Wildman–Crippen MR) is 61.4 cm³/mol. The smallest absolute Gasteiger partial charge is 0.145 e. The van der Waals surface area contributed by atoms with Crippen molar-refractivity contribution >= 4 is 16.7 Å². The number of benzene rings is 1. The highest BCUT2D eigenvalue weighted by molar-refractivity contribution is 5.78. The predicted octanol–water partition coefficient (Wildman–Crippen LogP) is 1.31. The maximum Gasteiger partial charge on any atom is 0.145 e. The molecule has 0 bridgehead atoms. The average molecular weight is 224 g/mol. The summed E-state index contributed by atoms with van der Waals surface area (Å²) < 4.78 is 1.67. The van der Waals surface area contributed by atoms with Crippen molar-refractivity contribution in [2.45, 2.75) is 0 Å². The van der Waals surface area contributed by atoms with Crippen LogP contribution in [0.15, 0.2) is 30.0 Å². The van der Waals surface area contributed by atoms with Gasteiger partial charge in [0.05, 0.1) is 5.52 Å². The van der Waals surface area contributed by atoms with E-state index in [9.17, 15) is 0 Å². The van der Waals surface area contributed by atoms with Crippen LogP contribution in [-0.4, -0.2) is 15.0 Å². The largest absolute Gasteiger partial charge is 0.360 e. The number of hydrogen-bond donors (Lipinski definition) is 1. The molecule has 0 saturated carbocycles. The highest BCUT2D eigenvalue weighted by Gasteiger charge is 2.01. The van der Waals surface area contributed by atoms with E-state index in [-0.39, 0.29) is 5.57 Å². The molecule has 0 atom stereocenters. The van der Waals surface area contributed by atoms with Crippen LogP contribution in [0.1, 0.15) is 0 Å². The summed E-state index contributed by atoms with van der Waals surface area (Å²) in [6.45, 7) is 0. The molecule has 1 aromatic heterocycles. The van der Waals surface area contributed by atoms with Gasteiger partial charge in [0.1, 0.15) is 23.2 Å². The first-order valence-corrected chi connectivity index (χ1v) is 4.81. The highest BCUT2D eigenvalue weighted by atomic mass is 15.4. The Hall–Kier alpha value is -2.86. The summed E-state index contributed by atoms with van der Waals surface area (Å²) in [6, 6.07) is 9.03. The number of nitrogens with zero attached hydrogens (tertiary/aromatic N) is 5. The summed E-state index contributed by atoms with van der Waals surface area (Å²) >= 11 is 0. The highest BCUT2D eigenvalue weighted by Crippen LogP contribution is 2.16. The van der Waals surface area contributed by atoms with Crippen LogP contribution in [-0.2, 0) is 7.05 Å². The van der Waals surface area contributed by atoms with Crippen molar-refractivity contribution in [1.29, 1.82) is 10.5 Å². The molecule has 1 N–H and O–H groups in total. The molecule has 0 saturated heterocycles. The van der Waals surface area contributed by atoms with Crippen LogP contribution in [0.25, 0.3) is 11.0 Å². The maximum absolute atomic E-state index is 8.57. The van der Waals surface area contributed by atoms with Gasteiger partial charge in [-0.1, -0.05) is 5.21 Å². The molecule has 1 aromatic carbocycles. The molecule has 1 heterocycles. The standard InChI is InChI=1S/C11H8N6/c1-17-11-3-2-9(4-10(11)15-16-17)14-7-8(5-12)6-13/h2-4,7,14H,1H3. The Kier molecular flexibility index (Phi) is 2.71. The van der Waals surface area contributed by atoms with Gasteiger partial charge in [0.2, 0.25) is 0 Å². The topological polar surface area (TPSA) is 90.3 Å². The van der Waals surface area contributed by atoms with Crippen LogP contribution < -0.4 is 5.32 Å². The first kappa shape index (κ1) is 10.7. The third kappa shape index (κ3) is 2.06. The molecule has 2 rings (SSSR count). The van der Waals surface area contributed by atoms with Crippen LogP contribution in [0.3, 0.4) is 0 Å². The molecular formula is C11H8N6. The molecular weight excluding hydrogens is 216 g/mol. The Morgan fingerprint density at radius 3 is 2.88 bits per heavy atom. The second-order valence-electron chi connectivity index (χ2n) is 3.34. The first-order valence-electron chi connectivity index (χ1n) is 4.81. The Morgan fingerprint density at radius 1 is 1.41 bits per heavy atom. The van der Waals surface area contributed by atoms with E-state index in [1.54, 1.807) is 22.9 Å². The van der Waals surface area contributed by atoms with E-state index in [1.807, 2.05) is 19.2 Å². The molecule has 82 valence electrons. The van der Waals surface area contributed by atoms with E-state index in [0.29, 0.717) is 0 Å². The van der Waals surface area contributed by atoms with Crippen molar-refractivity contribution in [3.63, 3.8) is 0 Å². The van der Waals surface area contributed by atoms with E-state index >= 15 is 0 Å². The third-order valence-corrected chi connectivity index (χ3v) is 2.23. The normalized spacial score (nSPS) is 9.35. The SMILES string of the molecule is Cn1nnc2cc(NC=C(C#N)C#N)ccc21. The third-order valence-electron chi connectivity index (χ3n) is 2.23. The Bertz CT molecular complexity index is 651. The molecule has 0 radical (unpaired) electrons. The lowest BCUT2D eigenvalue weighted by Gasteiger charge is -1.99. The van der Waals surface area contributed by atoms with Gasteiger partial charge in [-0.05, 0) is 18.2 Å². The summed E-state index contributed by atoms with van der Waals surface area (Å²) in [5, 5.41) is 27.9. The molecule has 6 heteroatoms. The van der Waals surface area contributed by atoms with Crippen molar-refractivity contribution in [3.05, 3.63) is 30.0 Å². The Morgan fingerprint density at radius 2 is 2.18 bits per heavy atom. The molecule has 0 aliphatic rings. The van der Waals surface area contributed by atoms with Crippen molar-refractivity contribution in [3.8, 4) is 12.1 Å². The van der Waals surface area contributed by atoms with Crippen LogP contribution in [0.2, 0.25) is 0 Å². The van der Waals surface area contributed by atoms with E-state index in [2.05, 4.69) is 15.6 Å². The molecule has 2 aromatic rings. The number of rotatable bonds is 2. The van der Waals surface area contributed by atoms with Crippen LogP contribution in [0.5, 0.6) is 0 Å². The number of aryl methyl sites for hydroxylation is 1. The molecule has 0 unspecified atom stereocenters. The minimum absolute atomic E-state index is 0.0178. The van der Waals surface area contributed by atoms with Gasteiger partial charge in [-0.25, -0.2) is 4.68 Å². The minimum Gasteiger partial charge on any atom is -0.360 e. The van der Waals surface area contributed by atoms with Crippen molar-refractivity contribution in [1.82, 2.24) is 15.0 Å². The van der Waals surface area contributed by atoms with Crippen LogP contribution in [0, 0.1) is 22.7 Å². The number of anilines is 1. The zero-order valence-electron chi connectivity index (χ0n) is 9.05. The molecule has 17 heavy (non-hydrogen) atoms. The fraction of sp³-hybridized carbons (Fsp3) is 0.0909. The first-order chi connectivity index (χ1) is 8.24. The fourth-order valence-electron chi connectivity index (χ4n) is 1.38. The molecule has 6 nitrogen and oxygen atoms in total. The quantitative estimate of drug-likeness (QED) is 0.776.